The first-order valence-electron chi connectivity index (χ1n) is 5.89. The predicted octanol–water partition coefficient (Wildman–Crippen LogP) is 0.327. The van der Waals surface area contributed by atoms with Gasteiger partial charge in [0.15, 0.2) is 5.78 Å². The molecule has 1 aliphatic carbocycles. The van der Waals surface area contributed by atoms with Crippen LogP contribution in [0.1, 0.15) is 40.7 Å². The lowest BCUT2D eigenvalue weighted by molar-refractivity contribution is 0.0207. The molecule has 3 N–H and O–H groups in total. The minimum Gasteiger partial charge on any atom is -0.388 e. The molecule has 1 saturated heterocycles. The van der Waals surface area contributed by atoms with E-state index in [4.69, 9.17) is 4.74 Å². The Morgan fingerprint density at radius 3 is 2.82 bits per heavy atom. The third kappa shape index (κ3) is 1.71. The first-order chi connectivity index (χ1) is 8.16. The van der Waals surface area contributed by atoms with Crippen LogP contribution in [-0.4, -0.2) is 39.8 Å². The molecule has 0 aromatic carbocycles. The number of ketones is 1. The first-order valence-corrected chi connectivity index (χ1v) is 5.89. The summed E-state index contributed by atoms with van der Waals surface area (Å²) in [5.74, 6) is 0.141. The molecule has 0 spiro atoms. The van der Waals surface area contributed by atoms with Crippen molar-refractivity contribution in [2.24, 2.45) is 0 Å². The topological polar surface area (TPSA) is 82.6 Å². The number of carbonyl (C=O) groups is 1. The zero-order valence-electron chi connectivity index (χ0n) is 9.35. The third-order valence-corrected chi connectivity index (χ3v) is 3.51. The number of aromatic amines is 1. The molecule has 0 amide bonds. The molecule has 2 heterocycles. The van der Waals surface area contributed by atoms with Crippen molar-refractivity contribution in [1.82, 2.24) is 4.98 Å². The summed E-state index contributed by atoms with van der Waals surface area (Å²) in [6.45, 7) is 0.128. The van der Waals surface area contributed by atoms with Crippen LogP contribution in [-0.2, 0) is 11.2 Å². The lowest BCUT2D eigenvalue weighted by atomic mass is 9.96. The summed E-state index contributed by atoms with van der Waals surface area (Å²) in [7, 11) is 0. The van der Waals surface area contributed by atoms with Crippen LogP contribution >= 0.6 is 0 Å². The second-order valence-electron chi connectivity index (χ2n) is 4.71. The molecule has 17 heavy (non-hydrogen) atoms. The summed E-state index contributed by atoms with van der Waals surface area (Å²) >= 11 is 0. The Kier molecular flexibility index (Phi) is 2.54. The number of hydrogen-bond donors (Lipinski definition) is 3. The molecule has 1 fully saturated rings. The van der Waals surface area contributed by atoms with Crippen molar-refractivity contribution in [3.63, 3.8) is 0 Å². The molecule has 1 aromatic heterocycles. The van der Waals surface area contributed by atoms with Crippen molar-refractivity contribution in [3.05, 3.63) is 23.0 Å². The summed E-state index contributed by atoms with van der Waals surface area (Å²) < 4.78 is 5.33. The van der Waals surface area contributed by atoms with E-state index in [9.17, 15) is 15.0 Å². The lowest BCUT2D eigenvalue weighted by Gasteiger charge is -2.13. The Bertz CT molecular complexity index is 453. The summed E-state index contributed by atoms with van der Waals surface area (Å²) in [5.41, 5.74) is 2.33. The number of aliphatic hydroxyl groups excluding tert-OH is 2. The normalized spacial score (nSPS) is 32.8. The molecule has 3 atom stereocenters. The van der Waals surface area contributed by atoms with E-state index in [1.165, 1.54) is 0 Å². The van der Waals surface area contributed by atoms with Crippen molar-refractivity contribution in [1.29, 1.82) is 0 Å². The zero-order chi connectivity index (χ0) is 12.0. The molecule has 2 aliphatic rings. The number of Topliss-reactive ketones (excluding diaryl/α,β-unsaturated/α-hetero) is 1. The van der Waals surface area contributed by atoms with Crippen LogP contribution in [0.4, 0.5) is 0 Å². The number of H-pyrrole nitrogens is 1. The number of ether oxygens (including phenoxy) is 1. The molecule has 0 saturated carbocycles. The van der Waals surface area contributed by atoms with E-state index in [0.29, 0.717) is 17.7 Å². The summed E-state index contributed by atoms with van der Waals surface area (Å²) in [6, 6.07) is 1.75. The number of aryl methyl sites for hydroxylation is 1. The van der Waals surface area contributed by atoms with Gasteiger partial charge in [0.2, 0.25) is 0 Å². The van der Waals surface area contributed by atoms with Gasteiger partial charge in [0.25, 0.3) is 0 Å². The lowest BCUT2D eigenvalue weighted by Crippen LogP contribution is -2.25. The van der Waals surface area contributed by atoms with Crippen molar-refractivity contribution >= 4 is 5.78 Å². The maximum Gasteiger partial charge on any atom is 0.164 e. The molecule has 0 unspecified atom stereocenters. The summed E-state index contributed by atoms with van der Waals surface area (Å²) in [6.07, 6.45) is -0.0275. The molecule has 92 valence electrons. The van der Waals surface area contributed by atoms with E-state index in [1.54, 1.807) is 6.07 Å². The summed E-state index contributed by atoms with van der Waals surface area (Å²) in [5, 5.41) is 19.2. The molecule has 0 radical (unpaired) electrons. The SMILES string of the molecule is O=C1CCCc2[nH]c([C@@H]3OC[C@@H](O)[C@H]3O)cc21. The zero-order valence-corrected chi connectivity index (χ0v) is 9.35. The van der Waals surface area contributed by atoms with Gasteiger partial charge < -0.3 is 19.9 Å². The van der Waals surface area contributed by atoms with Crippen LogP contribution in [0.15, 0.2) is 6.07 Å². The van der Waals surface area contributed by atoms with E-state index >= 15 is 0 Å². The smallest absolute Gasteiger partial charge is 0.164 e. The Balaban J connectivity index is 1.92. The van der Waals surface area contributed by atoms with Gasteiger partial charge in [-0.3, -0.25) is 4.79 Å². The average molecular weight is 237 g/mol. The number of fused-ring (bicyclic) bond motifs is 1. The van der Waals surface area contributed by atoms with E-state index in [-0.39, 0.29) is 12.4 Å². The molecular formula is C12H15NO4. The van der Waals surface area contributed by atoms with E-state index in [0.717, 1.165) is 18.5 Å². The van der Waals surface area contributed by atoms with Crippen molar-refractivity contribution < 1.29 is 19.7 Å². The van der Waals surface area contributed by atoms with Crippen LogP contribution < -0.4 is 0 Å². The standard InChI is InChI=1S/C12H15NO4/c14-9-3-1-2-7-6(9)4-8(13-7)12-11(16)10(15)5-17-12/h4,10-13,15-16H,1-3,5H2/t10-,11-,12+/m1/s1. The Morgan fingerprint density at radius 1 is 1.35 bits per heavy atom. The fourth-order valence-corrected chi connectivity index (χ4v) is 2.55. The largest absolute Gasteiger partial charge is 0.388 e. The second kappa shape index (κ2) is 3.94. The van der Waals surface area contributed by atoms with Crippen LogP contribution in [0.2, 0.25) is 0 Å². The maximum atomic E-state index is 11.7. The molecule has 0 bridgehead atoms. The highest BCUT2D eigenvalue weighted by Crippen LogP contribution is 2.32. The van der Waals surface area contributed by atoms with E-state index in [1.807, 2.05) is 0 Å². The number of nitrogens with one attached hydrogen (secondary N) is 1. The molecule has 5 nitrogen and oxygen atoms in total. The van der Waals surface area contributed by atoms with Crippen molar-refractivity contribution in [3.8, 4) is 0 Å². The van der Waals surface area contributed by atoms with E-state index in [2.05, 4.69) is 4.98 Å². The van der Waals surface area contributed by atoms with Gasteiger partial charge in [0, 0.05) is 23.4 Å². The fraction of sp³-hybridized carbons (Fsp3) is 0.583. The predicted molar refractivity (Wildman–Crippen MR) is 58.8 cm³/mol. The van der Waals surface area contributed by atoms with Crippen LogP contribution in [0, 0.1) is 0 Å². The van der Waals surface area contributed by atoms with Crippen molar-refractivity contribution in [2.75, 3.05) is 6.61 Å². The third-order valence-electron chi connectivity index (χ3n) is 3.51. The highest BCUT2D eigenvalue weighted by atomic mass is 16.5. The first kappa shape index (κ1) is 11.0. The van der Waals surface area contributed by atoms with Gasteiger partial charge in [-0.15, -0.1) is 0 Å². The van der Waals surface area contributed by atoms with Gasteiger partial charge in [-0.25, -0.2) is 0 Å². The second-order valence-corrected chi connectivity index (χ2v) is 4.71. The van der Waals surface area contributed by atoms with Crippen LogP contribution in [0.5, 0.6) is 0 Å². The molecule has 1 aliphatic heterocycles. The van der Waals surface area contributed by atoms with Gasteiger partial charge in [-0.05, 0) is 18.9 Å². The molecule has 1 aromatic rings. The monoisotopic (exact) mass is 237 g/mol. The number of aromatic nitrogens is 1. The number of rotatable bonds is 1. The average Bonchev–Trinajstić information content (AvgIpc) is 2.85. The number of carbonyl (C=O) groups excluding carboxylic acids is 1. The quantitative estimate of drug-likeness (QED) is 0.657. The van der Waals surface area contributed by atoms with Gasteiger partial charge in [0.1, 0.15) is 18.3 Å². The van der Waals surface area contributed by atoms with Gasteiger partial charge in [-0.1, -0.05) is 0 Å². The van der Waals surface area contributed by atoms with E-state index < -0.39 is 18.3 Å². The van der Waals surface area contributed by atoms with Gasteiger partial charge in [-0.2, -0.15) is 0 Å². The summed E-state index contributed by atoms with van der Waals surface area (Å²) in [4.78, 5) is 14.8. The highest BCUT2D eigenvalue weighted by Gasteiger charge is 2.37. The van der Waals surface area contributed by atoms with Crippen LogP contribution in [0.3, 0.4) is 0 Å². The maximum absolute atomic E-state index is 11.7. The minimum absolute atomic E-state index is 0.128. The Hall–Kier alpha value is -1.17. The fourth-order valence-electron chi connectivity index (χ4n) is 2.55. The van der Waals surface area contributed by atoms with Crippen LogP contribution in [0.25, 0.3) is 0 Å². The number of aliphatic hydroxyl groups is 2. The Labute approximate surface area is 98.4 Å². The Morgan fingerprint density at radius 2 is 2.18 bits per heavy atom. The molecule has 3 rings (SSSR count). The van der Waals surface area contributed by atoms with Crippen molar-refractivity contribution in [2.45, 2.75) is 37.6 Å². The number of hydrogen-bond acceptors (Lipinski definition) is 4. The molecule has 5 heteroatoms. The minimum atomic E-state index is -0.926. The molecular weight excluding hydrogens is 222 g/mol. The van der Waals surface area contributed by atoms with Gasteiger partial charge >= 0.3 is 0 Å². The van der Waals surface area contributed by atoms with Gasteiger partial charge in [0.05, 0.1) is 6.61 Å². The highest BCUT2D eigenvalue weighted by molar-refractivity contribution is 5.98.